The molecule has 0 spiro atoms. The smallest absolute Gasteiger partial charge is 0.450 e. The molecule has 1 N–H and O–H groups in total. The quantitative estimate of drug-likeness (QED) is 0.668. The van der Waals surface area contributed by atoms with Gasteiger partial charge in [-0.3, -0.25) is 0 Å². The summed E-state index contributed by atoms with van der Waals surface area (Å²) < 4.78 is 4.87. The van der Waals surface area contributed by atoms with Crippen molar-refractivity contribution in [2.45, 2.75) is 35.6 Å². The van der Waals surface area contributed by atoms with Gasteiger partial charge in [0, 0.05) is 6.20 Å². The Morgan fingerprint density at radius 2 is 2.35 bits per heavy atom. The Balaban J connectivity index is 1.84. The molecule has 4 nitrogen and oxygen atoms in total. The van der Waals surface area contributed by atoms with E-state index in [-0.39, 0.29) is 11.4 Å². The molecule has 0 aliphatic heterocycles. The van der Waals surface area contributed by atoms with Gasteiger partial charge in [0.2, 0.25) is 0 Å². The van der Waals surface area contributed by atoms with Crippen molar-refractivity contribution in [1.29, 1.82) is 0 Å². The minimum absolute atomic E-state index is 0.172. The monoisotopic (exact) mass is 271 g/mol. The lowest BCUT2D eigenvalue weighted by Crippen LogP contribution is -2.22. The third-order valence-electron chi connectivity index (χ3n) is 2.54. The number of aromatic nitrogens is 1. The van der Waals surface area contributed by atoms with Crippen LogP contribution in [-0.4, -0.2) is 27.6 Å². The molecule has 0 radical (unpaired) electrons. The summed E-state index contributed by atoms with van der Waals surface area (Å²) >= 11 is 0. The van der Waals surface area contributed by atoms with Gasteiger partial charge in [0.1, 0.15) is 11.1 Å². The molecule has 1 aliphatic carbocycles. The number of carbonyl (C=O) groups is 1. The number of hydrogen-bond acceptors (Lipinski definition) is 5. The summed E-state index contributed by atoms with van der Waals surface area (Å²) in [6, 6.07) is 5.76. The third kappa shape index (κ3) is 3.81. The molecule has 0 amide bonds. The molecule has 1 fully saturated rings. The minimum Gasteiger partial charge on any atom is -0.450 e. The van der Waals surface area contributed by atoms with Crippen molar-refractivity contribution >= 4 is 27.7 Å². The number of carboxylic acid groups (broad SMARTS) is 1. The fraction of sp³-hybridized carbons (Fsp3) is 0.455. The maximum absolute atomic E-state index is 10.5. The second-order valence-corrected chi connectivity index (χ2v) is 6.20. The van der Waals surface area contributed by atoms with Crippen LogP contribution in [0, 0.1) is 0 Å². The van der Waals surface area contributed by atoms with Crippen LogP contribution in [0.15, 0.2) is 29.4 Å². The van der Waals surface area contributed by atoms with Crippen molar-refractivity contribution in [2.75, 3.05) is 0 Å². The first-order valence-electron chi connectivity index (χ1n) is 5.39. The number of rotatable bonds is 4. The fourth-order valence-electron chi connectivity index (χ4n) is 1.77. The first-order valence-corrected chi connectivity index (χ1v) is 7.61. The van der Waals surface area contributed by atoms with Crippen LogP contribution >= 0.6 is 21.6 Å². The number of pyridine rings is 1. The average Bonchev–Trinajstić information content (AvgIpc) is 2.74. The van der Waals surface area contributed by atoms with E-state index in [0.717, 1.165) is 24.3 Å². The predicted molar refractivity (Wildman–Crippen MR) is 68.2 cm³/mol. The molecular formula is C11H13NO3S2. The maximum atomic E-state index is 10.5. The molecule has 1 aromatic rings. The van der Waals surface area contributed by atoms with E-state index in [4.69, 9.17) is 9.84 Å². The SMILES string of the molecule is O=C(O)O[C@@H]1CCC[C@H]1SSc1ccccn1. The van der Waals surface area contributed by atoms with Crippen LogP contribution in [0.1, 0.15) is 19.3 Å². The van der Waals surface area contributed by atoms with Gasteiger partial charge in [-0.2, -0.15) is 0 Å². The number of nitrogens with zero attached hydrogens (tertiary/aromatic N) is 1. The van der Waals surface area contributed by atoms with E-state index >= 15 is 0 Å². The Morgan fingerprint density at radius 1 is 1.47 bits per heavy atom. The van der Waals surface area contributed by atoms with Gasteiger partial charge in [-0.15, -0.1) is 0 Å². The summed E-state index contributed by atoms with van der Waals surface area (Å²) in [5.41, 5.74) is 0. The van der Waals surface area contributed by atoms with Gasteiger partial charge in [-0.05, 0) is 42.2 Å². The Kier molecular flexibility index (Phi) is 4.56. The zero-order valence-electron chi connectivity index (χ0n) is 9.11. The van der Waals surface area contributed by atoms with Crippen molar-refractivity contribution in [2.24, 2.45) is 0 Å². The molecule has 6 heteroatoms. The molecule has 1 saturated carbocycles. The lowest BCUT2D eigenvalue weighted by atomic mass is 10.3. The Hall–Kier alpha value is -0.880. The van der Waals surface area contributed by atoms with Crippen LogP contribution in [0.5, 0.6) is 0 Å². The molecule has 0 saturated heterocycles. The van der Waals surface area contributed by atoms with Crippen LogP contribution in [0.2, 0.25) is 0 Å². The first-order chi connectivity index (χ1) is 8.25. The standard InChI is InChI=1S/C11H13NO3S2/c13-11(14)15-8-4-3-5-9(8)16-17-10-6-1-2-7-12-10/h1-2,6-9H,3-5H2,(H,13,14)/t8-,9-/m1/s1. The van der Waals surface area contributed by atoms with Gasteiger partial charge in [-0.1, -0.05) is 16.9 Å². The second-order valence-electron chi connectivity index (χ2n) is 3.74. The minimum atomic E-state index is -1.18. The topological polar surface area (TPSA) is 59.4 Å². The molecule has 2 atom stereocenters. The van der Waals surface area contributed by atoms with Crippen LogP contribution in [0.25, 0.3) is 0 Å². The Morgan fingerprint density at radius 3 is 3.06 bits per heavy atom. The summed E-state index contributed by atoms with van der Waals surface area (Å²) in [6.45, 7) is 0. The summed E-state index contributed by atoms with van der Waals surface area (Å²) in [5.74, 6) is 0. The molecular weight excluding hydrogens is 258 g/mol. The van der Waals surface area contributed by atoms with Gasteiger partial charge < -0.3 is 9.84 Å². The van der Waals surface area contributed by atoms with E-state index in [1.807, 2.05) is 18.2 Å². The van der Waals surface area contributed by atoms with Gasteiger partial charge >= 0.3 is 6.16 Å². The first kappa shape index (κ1) is 12.6. The Labute approximate surface area is 108 Å². The van der Waals surface area contributed by atoms with E-state index in [1.165, 1.54) is 0 Å². The summed E-state index contributed by atoms with van der Waals surface area (Å²) in [7, 11) is 3.23. The predicted octanol–water partition coefficient (Wildman–Crippen LogP) is 3.44. The summed E-state index contributed by atoms with van der Waals surface area (Å²) in [5, 5.41) is 9.80. The zero-order chi connectivity index (χ0) is 12.1. The van der Waals surface area contributed by atoms with Gasteiger partial charge in [0.25, 0.3) is 0 Å². The van der Waals surface area contributed by atoms with Crippen molar-refractivity contribution in [1.82, 2.24) is 4.98 Å². The van der Waals surface area contributed by atoms with Crippen molar-refractivity contribution in [3.63, 3.8) is 0 Å². The maximum Gasteiger partial charge on any atom is 0.506 e. The highest BCUT2D eigenvalue weighted by Crippen LogP contribution is 2.41. The summed E-state index contributed by atoms with van der Waals surface area (Å²) in [6.07, 6.45) is 3.26. The van der Waals surface area contributed by atoms with Crippen LogP contribution < -0.4 is 0 Å². The molecule has 1 aliphatic rings. The number of hydrogen-bond donors (Lipinski definition) is 1. The molecule has 0 bridgehead atoms. The van der Waals surface area contributed by atoms with Gasteiger partial charge in [-0.25, -0.2) is 9.78 Å². The van der Waals surface area contributed by atoms with Crippen molar-refractivity contribution in [3.05, 3.63) is 24.4 Å². The van der Waals surface area contributed by atoms with Crippen LogP contribution in [0.4, 0.5) is 4.79 Å². The molecule has 0 aromatic carbocycles. The largest absolute Gasteiger partial charge is 0.506 e. The molecule has 2 rings (SSSR count). The lowest BCUT2D eigenvalue weighted by molar-refractivity contribution is 0.0567. The zero-order valence-corrected chi connectivity index (χ0v) is 10.7. The molecule has 1 aromatic heterocycles. The number of ether oxygens (including phenoxy) is 1. The van der Waals surface area contributed by atoms with E-state index in [0.29, 0.717) is 0 Å². The van der Waals surface area contributed by atoms with Crippen LogP contribution in [0.3, 0.4) is 0 Å². The lowest BCUT2D eigenvalue weighted by Gasteiger charge is -2.16. The highest BCUT2D eigenvalue weighted by molar-refractivity contribution is 8.76. The average molecular weight is 271 g/mol. The molecule has 17 heavy (non-hydrogen) atoms. The molecule has 0 unspecified atom stereocenters. The van der Waals surface area contributed by atoms with Crippen molar-refractivity contribution in [3.8, 4) is 0 Å². The van der Waals surface area contributed by atoms with Crippen molar-refractivity contribution < 1.29 is 14.6 Å². The second kappa shape index (κ2) is 6.16. The summed E-state index contributed by atoms with van der Waals surface area (Å²) in [4.78, 5) is 14.7. The molecule has 92 valence electrons. The van der Waals surface area contributed by atoms with Gasteiger partial charge in [0.15, 0.2) is 0 Å². The highest BCUT2D eigenvalue weighted by atomic mass is 33.1. The Bertz CT molecular complexity index is 374. The van der Waals surface area contributed by atoms with Crippen LogP contribution in [-0.2, 0) is 4.74 Å². The van der Waals surface area contributed by atoms with E-state index in [1.54, 1.807) is 27.8 Å². The molecule has 1 heterocycles. The van der Waals surface area contributed by atoms with Gasteiger partial charge in [0.05, 0.1) is 5.25 Å². The normalized spacial score (nSPS) is 23.5. The van der Waals surface area contributed by atoms with E-state index in [9.17, 15) is 4.79 Å². The van der Waals surface area contributed by atoms with E-state index in [2.05, 4.69) is 4.98 Å². The van der Waals surface area contributed by atoms with E-state index < -0.39 is 6.16 Å². The highest BCUT2D eigenvalue weighted by Gasteiger charge is 2.31. The third-order valence-corrected chi connectivity index (χ3v) is 5.38. The fourth-order valence-corrected chi connectivity index (χ4v) is 4.44.